The topological polar surface area (TPSA) is 9.23 Å². The van der Waals surface area contributed by atoms with E-state index in [0.29, 0.717) is 5.92 Å². The van der Waals surface area contributed by atoms with Gasteiger partial charge in [0.05, 0.1) is 6.61 Å². The molecule has 20 heavy (non-hydrogen) atoms. The molecule has 0 aromatic heterocycles. The Balaban J connectivity index is 1.99. The third-order valence-electron chi connectivity index (χ3n) is 4.29. The van der Waals surface area contributed by atoms with Crippen molar-refractivity contribution >= 4 is 0 Å². The molecule has 0 N–H and O–H groups in total. The van der Waals surface area contributed by atoms with Crippen molar-refractivity contribution in [3.05, 3.63) is 23.5 Å². The SMILES string of the molecule is CC1=CC=C(OCC2CCC(C)CC2)C(F)(F)C1(F)F. The second-order valence-corrected chi connectivity index (χ2v) is 5.97. The van der Waals surface area contributed by atoms with E-state index in [1.165, 1.54) is 0 Å². The quantitative estimate of drug-likeness (QED) is 0.669. The van der Waals surface area contributed by atoms with Crippen molar-refractivity contribution in [3.63, 3.8) is 0 Å². The number of allylic oxidation sites excluding steroid dienone is 4. The fraction of sp³-hybridized carbons (Fsp3) is 0.733. The van der Waals surface area contributed by atoms with Crippen LogP contribution in [0.2, 0.25) is 0 Å². The summed E-state index contributed by atoms with van der Waals surface area (Å²) in [7, 11) is 0. The molecule has 0 spiro atoms. The maximum absolute atomic E-state index is 13.7. The molecule has 0 heterocycles. The lowest BCUT2D eigenvalue weighted by atomic mass is 9.83. The van der Waals surface area contributed by atoms with Gasteiger partial charge in [-0.3, -0.25) is 0 Å². The van der Waals surface area contributed by atoms with E-state index in [1.54, 1.807) is 0 Å². The minimum absolute atomic E-state index is 0.0944. The highest BCUT2D eigenvalue weighted by Gasteiger charge is 2.62. The maximum atomic E-state index is 13.7. The molecule has 2 rings (SSSR count). The lowest BCUT2D eigenvalue weighted by Crippen LogP contribution is -2.45. The van der Waals surface area contributed by atoms with Gasteiger partial charge in [0, 0.05) is 5.57 Å². The molecule has 1 fully saturated rings. The summed E-state index contributed by atoms with van der Waals surface area (Å²) in [5.74, 6) is -8.50. The van der Waals surface area contributed by atoms with Crippen LogP contribution in [0.4, 0.5) is 17.6 Å². The normalized spacial score (nSPS) is 32.3. The number of rotatable bonds is 3. The standard InChI is InChI=1S/C15H20F4O/c1-10-3-6-12(7-4-10)9-20-13-8-5-11(2)14(16,17)15(13,18)19/h5,8,10,12H,3-4,6-7,9H2,1-2H3. The zero-order valence-electron chi connectivity index (χ0n) is 11.8. The van der Waals surface area contributed by atoms with Gasteiger partial charge in [-0.2, -0.15) is 17.6 Å². The molecule has 1 nitrogen and oxygen atoms in total. The van der Waals surface area contributed by atoms with E-state index >= 15 is 0 Å². The van der Waals surface area contributed by atoms with E-state index in [4.69, 9.17) is 4.74 Å². The number of alkyl halides is 4. The highest BCUT2D eigenvalue weighted by molar-refractivity contribution is 5.33. The molecule has 2 aliphatic rings. The molecular weight excluding hydrogens is 272 g/mol. The van der Waals surface area contributed by atoms with Gasteiger partial charge in [0.2, 0.25) is 0 Å². The van der Waals surface area contributed by atoms with Crippen LogP contribution in [-0.4, -0.2) is 18.5 Å². The average molecular weight is 292 g/mol. The molecule has 114 valence electrons. The zero-order valence-corrected chi connectivity index (χ0v) is 11.8. The molecule has 0 atom stereocenters. The van der Waals surface area contributed by atoms with Crippen LogP contribution in [0.25, 0.3) is 0 Å². The summed E-state index contributed by atoms with van der Waals surface area (Å²) < 4.78 is 59.5. The van der Waals surface area contributed by atoms with Crippen LogP contribution in [0.5, 0.6) is 0 Å². The molecule has 5 heteroatoms. The zero-order chi connectivity index (χ0) is 15.0. The minimum atomic E-state index is -4.26. The smallest absolute Gasteiger partial charge is 0.369 e. The Bertz CT molecular complexity index is 418. The molecule has 0 saturated heterocycles. The maximum Gasteiger partial charge on any atom is 0.369 e. The van der Waals surface area contributed by atoms with Crippen molar-refractivity contribution in [3.8, 4) is 0 Å². The monoisotopic (exact) mass is 292 g/mol. The first kappa shape index (κ1) is 15.4. The Labute approximate surface area is 116 Å². The Hall–Kier alpha value is -1.00. The van der Waals surface area contributed by atoms with E-state index in [-0.39, 0.29) is 12.5 Å². The van der Waals surface area contributed by atoms with E-state index < -0.39 is 23.2 Å². The predicted molar refractivity (Wildman–Crippen MR) is 68.8 cm³/mol. The molecule has 0 radical (unpaired) electrons. The first-order chi connectivity index (χ1) is 9.25. The lowest BCUT2D eigenvalue weighted by Gasteiger charge is -2.33. The van der Waals surface area contributed by atoms with Crippen LogP contribution >= 0.6 is 0 Å². The van der Waals surface area contributed by atoms with Crippen LogP contribution in [0.1, 0.15) is 39.5 Å². The summed E-state index contributed by atoms with van der Waals surface area (Å²) in [4.78, 5) is 0. The third-order valence-corrected chi connectivity index (χ3v) is 4.29. The summed E-state index contributed by atoms with van der Waals surface area (Å²) in [6.07, 6.45) is 5.88. The van der Waals surface area contributed by atoms with Gasteiger partial charge in [0.25, 0.3) is 0 Å². The Kier molecular flexibility index (Phi) is 4.17. The first-order valence-electron chi connectivity index (χ1n) is 7.03. The molecular formula is C15H20F4O. The van der Waals surface area contributed by atoms with E-state index in [2.05, 4.69) is 6.92 Å². The molecule has 0 unspecified atom stereocenters. The molecule has 0 aromatic carbocycles. The third kappa shape index (κ3) is 2.72. The lowest BCUT2D eigenvalue weighted by molar-refractivity contribution is -0.186. The molecule has 0 aliphatic heterocycles. The number of halogens is 4. The summed E-state index contributed by atoms with van der Waals surface area (Å²) >= 11 is 0. The van der Waals surface area contributed by atoms with Gasteiger partial charge in [-0.1, -0.05) is 25.8 Å². The Morgan fingerprint density at radius 1 is 1.05 bits per heavy atom. The van der Waals surface area contributed by atoms with Crippen LogP contribution in [0.3, 0.4) is 0 Å². The van der Waals surface area contributed by atoms with Crippen molar-refractivity contribution in [2.24, 2.45) is 11.8 Å². The van der Waals surface area contributed by atoms with Crippen LogP contribution in [0, 0.1) is 11.8 Å². The van der Waals surface area contributed by atoms with E-state index in [0.717, 1.165) is 44.8 Å². The van der Waals surface area contributed by atoms with E-state index in [9.17, 15) is 17.6 Å². The minimum Gasteiger partial charge on any atom is -0.491 e. The summed E-state index contributed by atoms with van der Waals surface area (Å²) in [6, 6.07) is 0. The van der Waals surface area contributed by atoms with Crippen LogP contribution < -0.4 is 0 Å². The van der Waals surface area contributed by atoms with Gasteiger partial charge in [-0.25, -0.2) is 0 Å². The predicted octanol–water partition coefficient (Wildman–Crippen LogP) is 4.94. The Morgan fingerprint density at radius 3 is 2.25 bits per heavy atom. The van der Waals surface area contributed by atoms with Gasteiger partial charge in [-0.15, -0.1) is 0 Å². The summed E-state index contributed by atoms with van der Waals surface area (Å²) in [6.45, 7) is 3.25. The largest absolute Gasteiger partial charge is 0.491 e. The first-order valence-corrected chi connectivity index (χ1v) is 7.03. The Morgan fingerprint density at radius 2 is 1.65 bits per heavy atom. The highest BCUT2D eigenvalue weighted by Crippen LogP contribution is 2.47. The molecule has 0 amide bonds. The summed E-state index contributed by atoms with van der Waals surface area (Å²) in [5, 5.41) is 0. The van der Waals surface area contributed by atoms with Gasteiger partial charge in [-0.05, 0) is 37.7 Å². The highest BCUT2D eigenvalue weighted by atomic mass is 19.3. The summed E-state index contributed by atoms with van der Waals surface area (Å²) in [5.41, 5.74) is -0.638. The van der Waals surface area contributed by atoms with E-state index in [1.807, 2.05) is 0 Å². The average Bonchev–Trinajstić information content (AvgIpc) is 2.38. The van der Waals surface area contributed by atoms with Crippen molar-refractivity contribution in [2.45, 2.75) is 51.4 Å². The van der Waals surface area contributed by atoms with Gasteiger partial charge in [0.15, 0.2) is 5.76 Å². The fourth-order valence-electron chi connectivity index (χ4n) is 2.65. The van der Waals surface area contributed by atoms with Crippen molar-refractivity contribution in [2.75, 3.05) is 6.61 Å². The number of ether oxygens (including phenoxy) is 1. The second-order valence-electron chi connectivity index (χ2n) is 5.97. The van der Waals surface area contributed by atoms with Crippen LogP contribution in [0.15, 0.2) is 23.5 Å². The van der Waals surface area contributed by atoms with Crippen molar-refractivity contribution in [1.82, 2.24) is 0 Å². The molecule has 1 saturated carbocycles. The van der Waals surface area contributed by atoms with Gasteiger partial charge in [0.1, 0.15) is 0 Å². The molecule has 2 aliphatic carbocycles. The van der Waals surface area contributed by atoms with Crippen molar-refractivity contribution in [1.29, 1.82) is 0 Å². The fourth-order valence-corrected chi connectivity index (χ4v) is 2.65. The van der Waals surface area contributed by atoms with Crippen LogP contribution in [-0.2, 0) is 4.74 Å². The number of hydrogen-bond acceptors (Lipinski definition) is 1. The second kappa shape index (κ2) is 5.41. The van der Waals surface area contributed by atoms with Gasteiger partial charge >= 0.3 is 11.8 Å². The molecule has 0 aromatic rings. The molecule has 0 bridgehead atoms. The van der Waals surface area contributed by atoms with Gasteiger partial charge < -0.3 is 4.74 Å². The number of hydrogen-bond donors (Lipinski definition) is 0. The van der Waals surface area contributed by atoms with Crippen molar-refractivity contribution < 1.29 is 22.3 Å².